The number of amides is 2. The average Bonchev–Trinajstić information content (AvgIpc) is 3.05. The number of aryl methyl sites for hydroxylation is 2. The van der Waals surface area contributed by atoms with Crippen LogP contribution in [0.2, 0.25) is 0 Å². The lowest BCUT2D eigenvalue weighted by molar-refractivity contribution is 0.227. The summed E-state index contributed by atoms with van der Waals surface area (Å²) in [4.78, 5) is 22.1. The molecule has 26 heavy (non-hydrogen) atoms. The van der Waals surface area contributed by atoms with E-state index in [1.165, 1.54) is 4.90 Å². The van der Waals surface area contributed by atoms with Crippen LogP contribution >= 0.6 is 0 Å². The van der Waals surface area contributed by atoms with Crippen molar-refractivity contribution in [1.29, 1.82) is 0 Å². The molecule has 0 saturated heterocycles. The number of aromatic nitrogens is 1. The van der Waals surface area contributed by atoms with Crippen LogP contribution in [-0.4, -0.2) is 33.8 Å². The van der Waals surface area contributed by atoms with Crippen LogP contribution in [0.1, 0.15) is 30.9 Å². The molecule has 1 aromatic heterocycles. The molecule has 0 aromatic carbocycles. The van der Waals surface area contributed by atoms with Crippen molar-refractivity contribution in [3.05, 3.63) is 60.1 Å². The third kappa shape index (κ3) is 3.72. The largest absolute Gasteiger partial charge is 0.380 e. The lowest BCUT2D eigenvalue weighted by Crippen LogP contribution is -2.42. The Kier molecular flexibility index (Phi) is 5.71. The number of hydrogen-bond acceptors (Lipinski definition) is 5. The molecule has 136 valence electrons. The number of nitrogens with zero attached hydrogens (tertiary/aromatic N) is 4. The molecule has 1 aliphatic rings. The molecular weight excluding hydrogens is 330 g/mol. The Labute approximate surface area is 153 Å². The first kappa shape index (κ1) is 19.1. The normalized spacial score (nSPS) is 17.9. The number of amidine groups is 2. The fourth-order valence-electron chi connectivity index (χ4n) is 2.59. The molecule has 0 bridgehead atoms. The molecule has 0 radical (unpaired) electrons. The molecule has 1 aromatic rings. The van der Waals surface area contributed by atoms with Crippen LogP contribution in [-0.2, 0) is 0 Å². The molecule has 2 rings (SSSR count). The zero-order chi connectivity index (χ0) is 19.4. The first-order valence-electron chi connectivity index (χ1n) is 8.12. The van der Waals surface area contributed by atoms with Crippen LogP contribution in [0.3, 0.4) is 0 Å². The van der Waals surface area contributed by atoms with Crippen LogP contribution in [0, 0.1) is 13.8 Å². The molecule has 0 aliphatic carbocycles. The second kappa shape index (κ2) is 7.77. The van der Waals surface area contributed by atoms with E-state index in [4.69, 9.17) is 10.3 Å². The van der Waals surface area contributed by atoms with Gasteiger partial charge in [-0.15, -0.1) is 0 Å². The summed E-state index contributed by atoms with van der Waals surface area (Å²) in [6.45, 7) is 15.0. The van der Waals surface area contributed by atoms with E-state index in [0.717, 1.165) is 5.57 Å². The molecule has 0 spiro atoms. The van der Waals surface area contributed by atoms with Crippen molar-refractivity contribution in [1.82, 2.24) is 10.1 Å². The molecule has 0 unspecified atom stereocenters. The third-order valence-corrected chi connectivity index (χ3v) is 4.09. The molecule has 0 saturated carbocycles. The van der Waals surface area contributed by atoms with Crippen LogP contribution in [0.5, 0.6) is 0 Å². The zero-order valence-corrected chi connectivity index (χ0v) is 15.5. The van der Waals surface area contributed by atoms with E-state index in [-0.39, 0.29) is 17.7 Å². The molecule has 1 aliphatic heterocycles. The maximum Gasteiger partial charge on any atom is 0.351 e. The summed E-state index contributed by atoms with van der Waals surface area (Å²) in [5.74, 6) is 0.930. The number of urea groups is 1. The van der Waals surface area contributed by atoms with E-state index >= 15 is 0 Å². The van der Waals surface area contributed by atoms with Gasteiger partial charge in [-0.25, -0.2) is 9.79 Å². The average molecular weight is 353 g/mol. The Morgan fingerprint density at radius 1 is 1.38 bits per heavy atom. The second-order valence-electron chi connectivity index (χ2n) is 5.94. The van der Waals surface area contributed by atoms with Crippen molar-refractivity contribution in [3.8, 4) is 0 Å². The maximum atomic E-state index is 12.3. The smallest absolute Gasteiger partial charge is 0.351 e. The molecule has 7 nitrogen and oxygen atoms in total. The fraction of sp³-hybridized carbons (Fsp3) is 0.263. The lowest BCUT2D eigenvalue weighted by atomic mass is 10.1. The number of hydrogen-bond donors (Lipinski definition) is 1. The maximum absolute atomic E-state index is 12.3. The SMILES string of the molecule is C=C/C=C\C=C(/C)[C@H](C)N1C(=O)N=C(N)C1=NC(=C)c1c(C)noc1C. The van der Waals surface area contributed by atoms with Crippen LogP contribution < -0.4 is 5.73 Å². The Morgan fingerprint density at radius 3 is 2.65 bits per heavy atom. The van der Waals surface area contributed by atoms with E-state index < -0.39 is 6.03 Å². The number of carbonyl (C=O) groups excluding carboxylic acids is 1. The van der Waals surface area contributed by atoms with E-state index in [2.05, 4.69) is 28.3 Å². The monoisotopic (exact) mass is 353 g/mol. The Bertz CT molecular complexity index is 851. The number of nitrogens with two attached hydrogens (primary N) is 1. The summed E-state index contributed by atoms with van der Waals surface area (Å²) in [5, 5.41) is 3.90. The van der Waals surface area contributed by atoms with Gasteiger partial charge in [-0.1, -0.05) is 48.2 Å². The van der Waals surface area contributed by atoms with Crippen LogP contribution in [0.4, 0.5) is 4.79 Å². The van der Waals surface area contributed by atoms with Crippen molar-refractivity contribution >= 4 is 23.4 Å². The predicted molar refractivity (Wildman–Crippen MR) is 104 cm³/mol. The van der Waals surface area contributed by atoms with Gasteiger partial charge < -0.3 is 10.3 Å². The van der Waals surface area contributed by atoms with Crippen molar-refractivity contribution < 1.29 is 9.32 Å². The highest BCUT2D eigenvalue weighted by Gasteiger charge is 2.34. The minimum absolute atomic E-state index is 0.0594. The van der Waals surface area contributed by atoms with Crippen LogP contribution in [0.25, 0.3) is 5.70 Å². The highest BCUT2D eigenvalue weighted by atomic mass is 16.5. The molecule has 2 amide bonds. The van der Waals surface area contributed by atoms with Gasteiger partial charge in [-0.05, 0) is 27.7 Å². The predicted octanol–water partition coefficient (Wildman–Crippen LogP) is 3.53. The van der Waals surface area contributed by atoms with Crippen molar-refractivity contribution in [3.63, 3.8) is 0 Å². The van der Waals surface area contributed by atoms with Gasteiger partial charge in [0.15, 0.2) is 11.7 Å². The fourth-order valence-corrected chi connectivity index (χ4v) is 2.59. The van der Waals surface area contributed by atoms with Gasteiger partial charge >= 0.3 is 6.03 Å². The zero-order valence-electron chi connectivity index (χ0n) is 15.5. The summed E-state index contributed by atoms with van der Waals surface area (Å²) < 4.78 is 5.15. The van der Waals surface area contributed by atoms with Gasteiger partial charge in [-0.2, -0.15) is 4.99 Å². The van der Waals surface area contributed by atoms with Gasteiger partial charge in [0.1, 0.15) is 5.76 Å². The Hall–Kier alpha value is -3.22. The molecular formula is C19H23N5O2. The molecule has 2 heterocycles. The number of carbonyl (C=O) groups is 1. The minimum atomic E-state index is -0.458. The summed E-state index contributed by atoms with van der Waals surface area (Å²) in [7, 11) is 0. The number of aliphatic imine (C=N–C) groups is 2. The van der Waals surface area contributed by atoms with Crippen molar-refractivity contribution in [2.24, 2.45) is 15.7 Å². The standard InChI is InChI=1S/C19H23N5O2/c1-7-8-9-10-11(2)14(5)24-18(17(20)22-19(24)25)21-12(3)16-13(4)23-26-15(16)6/h7-10,14H,1,3H2,2,4-6H3,(H2,20,22,25)/b9-8-,11-10+,21-18?/t14-/m0/s1. The first-order chi connectivity index (χ1) is 12.3. The van der Waals surface area contributed by atoms with E-state index in [1.807, 2.05) is 26.0 Å². The molecule has 1 atom stereocenters. The van der Waals surface area contributed by atoms with Gasteiger partial charge in [0.25, 0.3) is 0 Å². The molecule has 2 N–H and O–H groups in total. The number of rotatable bonds is 6. The third-order valence-electron chi connectivity index (χ3n) is 4.09. The molecule has 0 fully saturated rings. The summed E-state index contributed by atoms with van der Waals surface area (Å²) in [6.07, 6.45) is 7.23. The van der Waals surface area contributed by atoms with E-state index in [1.54, 1.807) is 26.0 Å². The van der Waals surface area contributed by atoms with Crippen molar-refractivity contribution in [2.45, 2.75) is 33.7 Å². The summed E-state index contributed by atoms with van der Waals surface area (Å²) in [5.41, 5.74) is 8.64. The summed E-state index contributed by atoms with van der Waals surface area (Å²) in [6, 6.07) is -0.737. The number of allylic oxidation sites excluding steroid dienone is 4. The highest BCUT2D eigenvalue weighted by Crippen LogP contribution is 2.24. The van der Waals surface area contributed by atoms with Gasteiger partial charge in [0.2, 0.25) is 0 Å². The first-order valence-corrected chi connectivity index (χ1v) is 8.12. The van der Waals surface area contributed by atoms with Crippen LogP contribution in [0.15, 0.2) is 57.5 Å². The molecule has 7 heteroatoms. The van der Waals surface area contributed by atoms with E-state index in [0.29, 0.717) is 22.7 Å². The quantitative estimate of drug-likeness (QED) is 0.791. The lowest BCUT2D eigenvalue weighted by Gasteiger charge is -2.24. The van der Waals surface area contributed by atoms with Gasteiger partial charge in [0, 0.05) is 0 Å². The van der Waals surface area contributed by atoms with Crippen molar-refractivity contribution in [2.75, 3.05) is 0 Å². The Balaban J connectivity index is 2.39. The van der Waals surface area contributed by atoms with Gasteiger partial charge in [-0.3, -0.25) is 4.90 Å². The van der Waals surface area contributed by atoms with E-state index in [9.17, 15) is 4.79 Å². The highest BCUT2D eigenvalue weighted by molar-refractivity contribution is 6.47. The minimum Gasteiger partial charge on any atom is -0.380 e. The topological polar surface area (TPSA) is 97.1 Å². The van der Waals surface area contributed by atoms with Gasteiger partial charge in [0.05, 0.1) is 23.0 Å². The second-order valence-corrected chi connectivity index (χ2v) is 5.94. The summed E-state index contributed by atoms with van der Waals surface area (Å²) >= 11 is 0. The Morgan fingerprint density at radius 2 is 2.08 bits per heavy atom.